The Balaban J connectivity index is 1.87. The Bertz CT molecular complexity index is 741. The molecular formula is C18H18N2. The predicted molar refractivity (Wildman–Crippen MR) is 82.0 cm³/mol. The summed E-state index contributed by atoms with van der Waals surface area (Å²) < 4.78 is 0. The maximum Gasteiger partial charge on any atom is 0.117 e. The van der Waals surface area contributed by atoms with E-state index in [-0.39, 0.29) is 5.41 Å². The number of aromatic amines is 1. The minimum atomic E-state index is 0.127. The molecule has 1 saturated carbocycles. The van der Waals surface area contributed by atoms with E-state index >= 15 is 0 Å². The first kappa shape index (κ1) is 11.7. The van der Waals surface area contributed by atoms with E-state index in [0.717, 1.165) is 16.9 Å². The fourth-order valence-corrected chi connectivity index (χ4v) is 3.04. The van der Waals surface area contributed by atoms with Gasteiger partial charge in [0.05, 0.1) is 16.4 Å². The third kappa shape index (κ3) is 1.61. The third-order valence-electron chi connectivity index (χ3n) is 4.63. The van der Waals surface area contributed by atoms with Gasteiger partial charge in [-0.15, -0.1) is 0 Å². The summed E-state index contributed by atoms with van der Waals surface area (Å²) in [5.74, 6) is 1.13. The first-order chi connectivity index (χ1) is 9.69. The van der Waals surface area contributed by atoms with Crippen molar-refractivity contribution in [3.63, 3.8) is 0 Å². The summed E-state index contributed by atoms with van der Waals surface area (Å²) in [6.45, 7) is 4.30. The van der Waals surface area contributed by atoms with Crippen molar-refractivity contribution in [3.05, 3.63) is 65.0 Å². The van der Waals surface area contributed by atoms with E-state index in [1.165, 1.54) is 29.5 Å². The Morgan fingerprint density at radius 1 is 1.00 bits per heavy atom. The summed E-state index contributed by atoms with van der Waals surface area (Å²) in [7, 11) is 0. The molecule has 0 atom stereocenters. The van der Waals surface area contributed by atoms with E-state index in [2.05, 4.69) is 61.3 Å². The average Bonchev–Trinajstić information content (AvgIpc) is 3.18. The Kier molecular flexibility index (Phi) is 2.31. The van der Waals surface area contributed by atoms with Gasteiger partial charge in [-0.2, -0.15) is 0 Å². The Morgan fingerprint density at radius 3 is 2.40 bits per heavy atom. The highest BCUT2D eigenvalue weighted by Gasteiger charge is 2.48. The summed E-state index contributed by atoms with van der Waals surface area (Å²) in [6, 6.07) is 15.1. The normalized spacial score (nSPS) is 16.5. The number of nitrogens with zero attached hydrogens (tertiary/aromatic N) is 1. The molecule has 2 nitrogen and oxygen atoms in total. The average molecular weight is 262 g/mol. The van der Waals surface area contributed by atoms with Gasteiger partial charge in [0.25, 0.3) is 0 Å². The minimum absolute atomic E-state index is 0.127. The molecule has 0 aliphatic heterocycles. The Morgan fingerprint density at radius 2 is 1.70 bits per heavy atom. The summed E-state index contributed by atoms with van der Waals surface area (Å²) in [5, 5.41) is 0. The van der Waals surface area contributed by atoms with Crippen LogP contribution in [0.2, 0.25) is 0 Å². The van der Waals surface area contributed by atoms with Crippen LogP contribution in [-0.2, 0) is 5.41 Å². The van der Waals surface area contributed by atoms with Crippen molar-refractivity contribution >= 4 is 11.0 Å². The van der Waals surface area contributed by atoms with Crippen molar-refractivity contribution in [2.45, 2.75) is 32.1 Å². The lowest BCUT2D eigenvalue weighted by molar-refractivity contribution is 0.779. The van der Waals surface area contributed by atoms with Crippen LogP contribution in [0.3, 0.4) is 0 Å². The highest BCUT2D eigenvalue weighted by Crippen LogP contribution is 2.52. The van der Waals surface area contributed by atoms with Crippen LogP contribution in [0.4, 0.5) is 0 Å². The topological polar surface area (TPSA) is 28.7 Å². The van der Waals surface area contributed by atoms with E-state index in [4.69, 9.17) is 4.98 Å². The Labute approximate surface area is 118 Å². The fourth-order valence-electron chi connectivity index (χ4n) is 3.04. The van der Waals surface area contributed by atoms with Gasteiger partial charge in [-0.25, -0.2) is 4.98 Å². The molecule has 100 valence electrons. The van der Waals surface area contributed by atoms with Crippen molar-refractivity contribution in [2.24, 2.45) is 0 Å². The number of H-pyrrole nitrogens is 1. The quantitative estimate of drug-likeness (QED) is 0.734. The van der Waals surface area contributed by atoms with Crippen molar-refractivity contribution in [1.29, 1.82) is 0 Å². The highest BCUT2D eigenvalue weighted by atomic mass is 15.0. The number of aromatic nitrogens is 2. The smallest absolute Gasteiger partial charge is 0.117 e. The first-order valence-corrected chi connectivity index (χ1v) is 7.22. The van der Waals surface area contributed by atoms with E-state index < -0.39 is 0 Å². The van der Waals surface area contributed by atoms with E-state index in [0.29, 0.717) is 0 Å². The summed E-state index contributed by atoms with van der Waals surface area (Å²) >= 11 is 0. The number of rotatable bonds is 2. The van der Waals surface area contributed by atoms with Crippen LogP contribution in [0, 0.1) is 13.8 Å². The third-order valence-corrected chi connectivity index (χ3v) is 4.63. The fraction of sp³-hybridized carbons (Fsp3) is 0.278. The molecule has 0 unspecified atom stereocenters. The number of benzene rings is 2. The number of fused-ring (bicyclic) bond motifs is 1. The number of imidazole rings is 1. The molecule has 1 heterocycles. The highest BCUT2D eigenvalue weighted by molar-refractivity contribution is 5.77. The van der Waals surface area contributed by atoms with Crippen molar-refractivity contribution in [3.8, 4) is 0 Å². The molecule has 1 aliphatic carbocycles. The molecule has 2 heteroatoms. The summed E-state index contributed by atoms with van der Waals surface area (Å²) in [4.78, 5) is 8.42. The maximum atomic E-state index is 4.87. The largest absolute Gasteiger partial charge is 0.341 e. The molecule has 0 saturated heterocycles. The summed E-state index contributed by atoms with van der Waals surface area (Å²) in [5.41, 5.74) is 6.38. The number of nitrogens with one attached hydrogen (secondary N) is 1. The molecule has 1 aromatic heterocycles. The standard InChI is InChI=1S/C18H18N2/c1-12-10-15-16(11-13(12)2)20-17(19-15)18(8-9-18)14-6-4-3-5-7-14/h3-7,10-11H,8-9H2,1-2H3,(H,19,20). The van der Waals surface area contributed by atoms with Gasteiger partial charge in [0.2, 0.25) is 0 Å². The minimum Gasteiger partial charge on any atom is -0.341 e. The molecule has 4 rings (SSSR count). The van der Waals surface area contributed by atoms with Gasteiger partial charge in [0.1, 0.15) is 5.82 Å². The van der Waals surface area contributed by atoms with Gasteiger partial charge in [-0.3, -0.25) is 0 Å². The van der Waals surface area contributed by atoms with Gasteiger partial charge in [-0.1, -0.05) is 30.3 Å². The molecule has 1 N–H and O–H groups in total. The predicted octanol–water partition coefficient (Wildman–Crippen LogP) is 4.26. The molecule has 0 bridgehead atoms. The van der Waals surface area contributed by atoms with Crippen LogP contribution in [-0.4, -0.2) is 9.97 Å². The zero-order chi connectivity index (χ0) is 13.7. The van der Waals surface area contributed by atoms with Crippen LogP contribution in [0.25, 0.3) is 11.0 Å². The van der Waals surface area contributed by atoms with E-state index in [1.807, 2.05) is 0 Å². The van der Waals surface area contributed by atoms with Crippen LogP contribution >= 0.6 is 0 Å². The van der Waals surface area contributed by atoms with Gasteiger partial charge in [0.15, 0.2) is 0 Å². The molecule has 0 amide bonds. The second-order valence-electron chi connectivity index (χ2n) is 5.99. The number of aryl methyl sites for hydroxylation is 2. The molecule has 0 radical (unpaired) electrons. The van der Waals surface area contributed by atoms with E-state index in [1.54, 1.807) is 0 Å². The monoisotopic (exact) mass is 262 g/mol. The second kappa shape index (κ2) is 3.95. The molecular weight excluding hydrogens is 244 g/mol. The molecule has 0 spiro atoms. The lowest BCUT2D eigenvalue weighted by Gasteiger charge is -2.12. The lowest BCUT2D eigenvalue weighted by atomic mass is 9.95. The van der Waals surface area contributed by atoms with Crippen molar-refractivity contribution in [2.75, 3.05) is 0 Å². The van der Waals surface area contributed by atoms with Crippen molar-refractivity contribution in [1.82, 2.24) is 9.97 Å². The lowest BCUT2D eigenvalue weighted by Crippen LogP contribution is -2.10. The molecule has 2 aromatic carbocycles. The first-order valence-electron chi connectivity index (χ1n) is 7.22. The van der Waals surface area contributed by atoms with Crippen molar-refractivity contribution < 1.29 is 0 Å². The van der Waals surface area contributed by atoms with Gasteiger partial charge >= 0.3 is 0 Å². The van der Waals surface area contributed by atoms with Crippen LogP contribution < -0.4 is 0 Å². The van der Waals surface area contributed by atoms with Gasteiger partial charge in [0, 0.05) is 0 Å². The SMILES string of the molecule is Cc1cc2nc(C3(c4ccccc4)CC3)[nH]c2cc1C. The van der Waals surface area contributed by atoms with Crippen LogP contribution in [0.15, 0.2) is 42.5 Å². The zero-order valence-corrected chi connectivity index (χ0v) is 11.9. The number of hydrogen-bond donors (Lipinski definition) is 1. The molecule has 1 aliphatic rings. The number of hydrogen-bond acceptors (Lipinski definition) is 1. The Hall–Kier alpha value is -2.09. The molecule has 3 aromatic rings. The molecule has 20 heavy (non-hydrogen) atoms. The molecule has 1 fully saturated rings. The second-order valence-corrected chi connectivity index (χ2v) is 5.99. The van der Waals surface area contributed by atoms with Gasteiger partial charge < -0.3 is 4.98 Å². The van der Waals surface area contributed by atoms with Crippen LogP contribution in [0.1, 0.15) is 35.4 Å². The van der Waals surface area contributed by atoms with E-state index in [9.17, 15) is 0 Å². The van der Waals surface area contributed by atoms with Crippen LogP contribution in [0.5, 0.6) is 0 Å². The van der Waals surface area contributed by atoms with Gasteiger partial charge in [-0.05, 0) is 55.5 Å². The maximum absolute atomic E-state index is 4.87. The summed E-state index contributed by atoms with van der Waals surface area (Å²) in [6.07, 6.45) is 2.38. The zero-order valence-electron chi connectivity index (χ0n) is 11.9.